The van der Waals surface area contributed by atoms with E-state index in [-0.39, 0.29) is 85.1 Å². The molecule has 8 rings (SSSR count). The Balaban J connectivity index is 0.913. The summed E-state index contributed by atoms with van der Waals surface area (Å²) in [6.07, 6.45) is 13.7. The third-order valence-electron chi connectivity index (χ3n) is 13.9. The lowest BCUT2D eigenvalue weighted by atomic mass is 9.80. The van der Waals surface area contributed by atoms with Gasteiger partial charge in [-0.3, -0.25) is 0 Å². The van der Waals surface area contributed by atoms with Crippen LogP contribution < -0.4 is 0 Å². The molecule has 0 amide bonds. The second-order valence-electron chi connectivity index (χ2n) is 17.2. The molecular formula is C42H64O8. The van der Waals surface area contributed by atoms with Crippen molar-refractivity contribution in [3.63, 3.8) is 0 Å². The fourth-order valence-corrected chi connectivity index (χ4v) is 10.5. The predicted octanol–water partition coefficient (Wildman–Crippen LogP) is 7.68. The highest BCUT2D eigenvalue weighted by atomic mass is 16.8. The molecule has 0 aromatic heterocycles. The smallest absolute Gasteiger partial charge is 0.172 e. The van der Waals surface area contributed by atoms with Gasteiger partial charge in [-0.05, 0) is 79.8 Å². The summed E-state index contributed by atoms with van der Waals surface area (Å²) in [6.45, 7) is 24.2. The van der Waals surface area contributed by atoms with Crippen LogP contribution in [0.25, 0.3) is 0 Å². The molecule has 0 aromatic carbocycles. The first kappa shape index (κ1) is 36.9. The van der Waals surface area contributed by atoms with Crippen molar-refractivity contribution in [1.82, 2.24) is 0 Å². The van der Waals surface area contributed by atoms with Crippen LogP contribution in [0.4, 0.5) is 0 Å². The minimum absolute atomic E-state index is 0.0212. The van der Waals surface area contributed by atoms with Gasteiger partial charge in [0.05, 0.1) is 54.9 Å². The third-order valence-corrected chi connectivity index (χ3v) is 13.9. The third kappa shape index (κ3) is 7.13. The van der Waals surface area contributed by atoms with Gasteiger partial charge in [-0.1, -0.05) is 60.3 Å². The molecule has 18 atom stereocenters. The molecule has 8 aliphatic rings. The van der Waals surface area contributed by atoms with Crippen LogP contribution in [-0.4, -0.2) is 85.3 Å². The summed E-state index contributed by atoms with van der Waals surface area (Å²) >= 11 is 0. The van der Waals surface area contributed by atoms with Gasteiger partial charge in [0.2, 0.25) is 0 Å². The molecule has 8 nitrogen and oxygen atoms in total. The van der Waals surface area contributed by atoms with E-state index in [9.17, 15) is 4.79 Å². The molecule has 0 aliphatic carbocycles. The largest absolute Gasteiger partial charge is 0.374 e. The van der Waals surface area contributed by atoms with Crippen LogP contribution >= 0.6 is 0 Å². The maximum absolute atomic E-state index is 11.7. The van der Waals surface area contributed by atoms with Crippen molar-refractivity contribution < 1.29 is 38.0 Å². The summed E-state index contributed by atoms with van der Waals surface area (Å²) < 4.78 is 46.7. The van der Waals surface area contributed by atoms with Crippen LogP contribution in [0.1, 0.15) is 112 Å². The van der Waals surface area contributed by atoms with Crippen molar-refractivity contribution in [1.29, 1.82) is 0 Å². The molecule has 0 spiro atoms. The molecule has 8 heterocycles. The van der Waals surface area contributed by atoms with E-state index in [1.807, 2.05) is 6.08 Å². The highest BCUT2D eigenvalue weighted by Gasteiger charge is 2.67. The molecule has 50 heavy (non-hydrogen) atoms. The van der Waals surface area contributed by atoms with Crippen molar-refractivity contribution in [2.24, 2.45) is 29.6 Å². The lowest BCUT2D eigenvalue weighted by Gasteiger charge is -2.42. The summed E-state index contributed by atoms with van der Waals surface area (Å²) in [6, 6.07) is 0. The van der Waals surface area contributed by atoms with Gasteiger partial charge in [-0.2, -0.15) is 0 Å². The van der Waals surface area contributed by atoms with E-state index in [1.165, 1.54) is 5.57 Å². The molecule has 8 saturated heterocycles. The Kier molecular flexibility index (Phi) is 11.2. The lowest BCUT2D eigenvalue weighted by molar-refractivity contribution is -0.262. The first-order valence-corrected chi connectivity index (χ1v) is 20.1. The SMILES string of the molecule is C=CC[C@@H]1O[C@H]2[C@H]3O[C@]4(CCC5CC(=C)[C@H](CCC6C[C@@H](C)C(=C)[C@@H](CC7O[C@H](C[C@H](C)CC)[C@H](C)[C@H]7CC=O)O6)O5)C[C@H]3O[C@H]2[C@@H](O4)C1C. The van der Waals surface area contributed by atoms with Crippen LogP contribution in [0.15, 0.2) is 37.0 Å². The molecular weight excluding hydrogens is 632 g/mol. The number of hydrogen-bond acceptors (Lipinski definition) is 8. The Morgan fingerprint density at radius 1 is 0.840 bits per heavy atom. The topological polar surface area (TPSA) is 81.7 Å². The Morgan fingerprint density at radius 2 is 1.60 bits per heavy atom. The maximum Gasteiger partial charge on any atom is 0.172 e. The van der Waals surface area contributed by atoms with Crippen LogP contribution in [0, 0.1) is 29.6 Å². The van der Waals surface area contributed by atoms with Gasteiger partial charge in [-0.15, -0.1) is 6.58 Å². The Bertz CT molecular complexity index is 1250. The Labute approximate surface area is 301 Å². The van der Waals surface area contributed by atoms with E-state index in [0.29, 0.717) is 24.2 Å². The zero-order chi connectivity index (χ0) is 35.3. The molecule has 0 N–H and O–H groups in total. The van der Waals surface area contributed by atoms with Gasteiger partial charge in [0.15, 0.2) is 5.79 Å². The summed E-state index contributed by atoms with van der Waals surface area (Å²) in [4.78, 5) is 11.7. The van der Waals surface area contributed by atoms with E-state index < -0.39 is 5.79 Å². The van der Waals surface area contributed by atoms with Crippen molar-refractivity contribution in [3.8, 4) is 0 Å². The van der Waals surface area contributed by atoms with E-state index >= 15 is 0 Å². The normalized spacial score (nSPS) is 48.7. The molecule has 8 fully saturated rings. The van der Waals surface area contributed by atoms with Gasteiger partial charge >= 0.3 is 0 Å². The van der Waals surface area contributed by atoms with Gasteiger partial charge < -0.3 is 38.0 Å². The first-order valence-electron chi connectivity index (χ1n) is 20.1. The highest BCUT2D eigenvalue weighted by Crippen LogP contribution is 2.54. The average molecular weight is 697 g/mol. The predicted molar refractivity (Wildman–Crippen MR) is 192 cm³/mol. The Morgan fingerprint density at radius 3 is 2.36 bits per heavy atom. The molecule has 0 saturated carbocycles. The standard InChI is InChI=1S/C42H64O8/c1-9-11-33-28(8)38-40-41(47-33)39-37(48-40)22-42(49-38,50-39)16-14-30-20-25(5)32(44-30)13-12-29-19-24(4)26(6)35(45-29)21-36-31(15-17-43)27(7)34(46-36)18-23(3)10-2/h9,17,23-24,27-41H,1,5-6,10-16,18-22H2,2-4,7-8H3/t23-,24-,27-,28?,29?,30?,31-,32+,33+,34-,35-,36?,37-,38+,39+,40+,41+,42-/m1/s1. The van der Waals surface area contributed by atoms with Crippen molar-refractivity contribution in [3.05, 3.63) is 37.0 Å². The number of aldehydes is 1. The fourth-order valence-electron chi connectivity index (χ4n) is 10.5. The van der Waals surface area contributed by atoms with Crippen LogP contribution in [-0.2, 0) is 38.0 Å². The van der Waals surface area contributed by atoms with Crippen LogP contribution in [0.2, 0.25) is 0 Å². The molecule has 280 valence electrons. The lowest BCUT2D eigenvalue weighted by Crippen LogP contribution is -2.54. The van der Waals surface area contributed by atoms with Gasteiger partial charge in [-0.25, -0.2) is 0 Å². The summed E-state index contributed by atoms with van der Waals surface area (Å²) in [5.41, 5.74) is 2.34. The fraction of sp³-hybridized carbons (Fsp3) is 0.833. The highest BCUT2D eigenvalue weighted by molar-refractivity contribution is 5.50. The van der Waals surface area contributed by atoms with Crippen LogP contribution in [0.5, 0.6) is 0 Å². The number of ether oxygens (including phenoxy) is 7. The zero-order valence-corrected chi connectivity index (χ0v) is 31.3. The van der Waals surface area contributed by atoms with E-state index in [0.717, 1.165) is 82.5 Å². The van der Waals surface area contributed by atoms with Crippen molar-refractivity contribution in [2.45, 2.75) is 191 Å². The number of carbonyl (C=O) groups is 1. The number of hydrogen-bond donors (Lipinski definition) is 0. The summed E-state index contributed by atoms with van der Waals surface area (Å²) in [5.74, 6) is 1.15. The number of rotatable bonds is 15. The second-order valence-corrected chi connectivity index (χ2v) is 17.2. The van der Waals surface area contributed by atoms with Crippen molar-refractivity contribution >= 4 is 6.29 Å². The minimum atomic E-state index is -0.643. The zero-order valence-electron chi connectivity index (χ0n) is 31.3. The molecule has 6 bridgehead atoms. The minimum Gasteiger partial charge on any atom is -0.374 e. The average Bonchev–Trinajstić information content (AvgIpc) is 3.75. The van der Waals surface area contributed by atoms with E-state index in [1.54, 1.807) is 0 Å². The monoisotopic (exact) mass is 696 g/mol. The quantitative estimate of drug-likeness (QED) is 0.128. The molecule has 4 unspecified atom stereocenters. The van der Waals surface area contributed by atoms with Gasteiger partial charge in [0.1, 0.15) is 24.6 Å². The summed E-state index contributed by atoms with van der Waals surface area (Å²) in [5, 5.41) is 0. The second kappa shape index (κ2) is 15.2. The molecule has 0 radical (unpaired) electrons. The van der Waals surface area contributed by atoms with Crippen LogP contribution in [0.3, 0.4) is 0 Å². The molecule has 0 aromatic rings. The van der Waals surface area contributed by atoms with Gasteiger partial charge in [0, 0.05) is 31.6 Å². The van der Waals surface area contributed by atoms with Crippen molar-refractivity contribution in [2.75, 3.05) is 0 Å². The molecule has 8 aliphatic heterocycles. The number of carbonyl (C=O) groups excluding carboxylic acids is 1. The first-order chi connectivity index (χ1) is 24.0. The Hall–Kier alpha value is -1.39. The summed E-state index contributed by atoms with van der Waals surface area (Å²) in [7, 11) is 0. The van der Waals surface area contributed by atoms with Gasteiger partial charge in [0.25, 0.3) is 0 Å². The van der Waals surface area contributed by atoms with E-state index in [4.69, 9.17) is 33.2 Å². The maximum atomic E-state index is 11.7. The van der Waals surface area contributed by atoms with E-state index in [2.05, 4.69) is 54.4 Å². The molecule has 8 heteroatoms.